The third-order valence-corrected chi connectivity index (χ3v) is 7.61. The van der Waals surface area contributed by atoms with Crippen molar-refractivity contribution in [2.75, 3.05) is 13.7 Å². The minimum atomic E-state index is -0.326. The van der Waals surface area contributed by atoms with E-state index in [4.69, 9.17) is 10.5 Å². The van der Waals surface area contributed by atoms with E-state index in [1.54, 1.807) is 18.3 Å². The fourth-order valence-corrected chi connectivity index (χ4v) is 5.78. The second-order valence-electron chi connectivity index (χ2n) is 9.70. The predicted octanol–water partition coefficient (Wildman–Crippen LogP) is 5.18. The van der Waals surface area contributed by atoms with Crippen LogP contribution in [-0.2, 0) is 6.42 Å². The number of methoxy groups -OCH3 is 1. The molecule has 3 nitrogen and oxygen atoms in total. The molecule has 0 radical (unpaired) electrons. The topological polar surface area (TPSA) is 55.5 Å². The molecule has 2 saturated carbocycles. The Kier molecular flexibility index (Phi) is 6.46. The monoisotopic (exact) mass is 395 g/mol. The van der Waals surface area contributed by atoms with Crippen molar-refractivity contribution in [2.24, 2.45) is 23.5 Å². The van der Waals surface area contributed by atoms with Crippen LogP contribution >= 0.6 is 0 Å². The first kappa shape index (κ1) is 20.7. The van der Waals surface area contributed by atoms with Gasteiger partial charge in [0.25, 0.3) is 0 Å². The number of aliphatic hydroxyl groups is 1. The number of hydrogen-bond acceptors (Lipinski definition) is 3. The van der Waals surface area contributed by atoms with E-state index in [9.17, 15) is 5.11 Å². The van der Waals surface area contributed by atoms with E-state index >= 15 is 0 Å². The molecule has 0 amide bonds. The first-order valence-corrected chi connectivity index (χ1v) is 11.5. The first-order chi connectivity index (χ1) is 14.1. The van der Waals surface area contributed by atoms with E-state index in [0.29, 0.717) is 11.8 Å². The summed E-state index contributed by atoms with van der Waals surface area (Å²) in [6.45, 7) is 0.130. The maximum atomic E-state index is 9.57. The van der Waals surface area contributed by atoms with E-state index in [1.807, 2.05) is 6.07 Å². The Bertz CT molecular complexity index is 768. The fraction of sp³-hybridized carbons (Fsp3) is 0.615. The molecule has 4 atom stereocenters. The third-order valence-electron chi connectivity index (χ3n) is 7.61. The largest absolute Gasteiger partial charge is 0.497 e. The van der Waals surface area contributed by atoms with Crippen LogP contribution in [0.25, 0.3) is 0 Å². The Morgan fingerprint density at radius 2 is 2.14 bits per heavy atom. The van der Waals surface area contributed by atoms with E-state index in [-0.39, 0.29) is 12.1 Å². The molecule has 158 valence electrons. The van der Waals surface area contributed by atoms with Crippen molar-refractivity contribution < 1.29 is 9.84 Å². The number of hydrogen-bond donors (Lipinski definition) is 2. The number of aliphatic hydroxyl groups excluding tert-OH is 1. The molecule has 0 bridgehead atoms. The van der Waals surface area contributed by atoms with Gasteiger partial charge in [0.05, 0.1) is 13.7 Å². The highest BCUT2D eigenvalue weighted by Crippen LogP contribution is 2.45. The second-order valence-corrected chi connectivity index (χ2v) is 9.70. The van der Waals surface area contributed by atoms with Crippen LogP contribution in [0, 0.1) is 17.8 Å². The number of fused-ring (bicyclic) bond motifs is 1. The molecule has 29 heavy (non-hydrogen) atoms. The average molecular weight is 396 g/mol. The highest BCUT2D eigenvalue weighted by atomic mass is 16.5. The van der Waals surface area contributed by atoms with E-state index in [1.165, 1.54) is 50.5 Å². The Hall–Kier alpha value is -1.58. The first-order valence-electron chi connectivity index (χ1n) is 11.5. The lowest BCUT2D eigenvalue weighted by molar-refractivity contribution is 0.192. The number of allylic oxidation sites excluding steroid dienone is 4. The number of ether oxygens (including phenoxy) is 1. The number of aryl methyl sites for hydroxylation is 1. The van der Waals surface area contributed by atoms with Gasteiger partial charge in [0.1, 0.15) is 5.75 Å². The third kappa shape index (κ3) is 4.95. The van der Waals surface area contributed by atoms with Crippen molar-refractivity contribution in [1.29, 1.82) is 0 Å². The molecule has 1 unspecified atom stereocenters. The standard InChI is InChI=1S/C26H37NO2/c1-29-25-7-3-6-19(15-25)4-2-5-20-8-9-22-16-23(11-10-21(22)14-20)24-12-13-26(27,17-24)18-28/h3,6-7,10,15-16,20,23-24,28H,2,4-5,8-9,11-14,17-18,27H2,1H3/t20-,23?,24+,26-/m1/s1. The zero-order valence-corrected chi connectivity index (χ0v) is 17.9. The highest BCUT2D eigenvalue weighted by Gasteiger charge is 2.39. The molecule has 1 aromatic carbocycles. The SMILES string of the molecule is COc1cccc(CCC[C@@H]2CCC3=CC([C@H]4CC[C@](N)(CO)C4)CC=C3C2)c1. The molecule has 0 aromatic heterocycles. The number of nitrogens with two attached hydrogens (primary N) is 1. The summed E-state index contributed by atoms with van der Waals surface area (Å²) in [4.78, 5) is 0. The van der Waals surface area contributed by atoms with Crippen molar-refractivity contribution in [1.82, 2.24) is 0 Å². The van der Waals surface area contributed by atoms with E-state index in [2.05, 4.69) is 30.4 Å². The zero-order chi connectivity index (χ0) is 20.3. The van der Waals surface area contributed by atoms with Crippen LogP contribution in [0.5, 0.6) is 5.75 Å². The zero-order valence-electron chi connectivity index (χ0n) is 17.9. The van der Waals surface area contributed by atoms with Crippen molar-refractivity contribution in [2.45, 2.75) is 69.7 Å². The molecule has 2 fully saturated rings. The molecule has 3 aliphatic carbocycles. The minimum Gasteiger partial charge on any atom is -0.497 e. The number of benzene rings is 1. The van der Waals surface area contributed by atoms with Crippen LogP contribution in [0.4, 0.5) is 0 Å². The van der Waals surface area contributed by atoms with Crippen molar-refractivity contribution in [3.05, 3.63) is 53.1 Å². The normalized spacial score (nSPS) is 31.8. The molecule has 0 aliphatic heterocycles. The van der Waals surface area contributed by atoms with Crippen LogP contribution in [0.1, 0.15) is 63.4 Å². The summed E-state index contributed by atoms with van der Waals surface area (Å²) in [5.41, 5.74) is 10.6. The van der Waals surface area contributed by atoms with Crippen LogP contribution in [-0.4, -0.2) is 24.4 Å². The van der Waals surface area contributed by atoms with Crippen LogP contribution < -0.4 is 10.5 Å². The van der Waals surface area contributed by atoms with E-state index in [0.717, 1.165) is 30.9 Å². The maximum Gasteiger partial charge on any atom is 0.119 e. The van der Waals surface area contributed by atoms with Gasteiger partial charge in [0.15, 0.2) is 0 Å². The van der Waals surface area contributed by atoms with Crippen molar-refractivity contribution in [3.8, 4) is 5.75 Å². The average Bonchev–Trinajstić information content (AvgIpc) is 3.16. The summed E-state index contributed by atoms with van der Waals surface area (Å²) in [6, 6.07) is 8.49. The fourth-order valence-electron chi connectivity index (χ4n) is 5.78. The molecule has 4 rings (SSSR count). The highest BCUT2D eigenvalue weighted by molar-refractivity contribution is 5.37. The quantitative estimate of drug-likeness (QED) is 0.669. The summed E-state index contributed by atoms with van der Waals surface area (Å²) in [7, 11) is 1.74. The van der Waals surface area contributed by atoms with Crippen LogP contribution in [0.2, 0.25) is 0 Å². The lowest BCUT2D eigenvalue weighted by Crippen LogP contribution is -2.41. The van der Waals surface area contributed by atoms with Crippen LogP contribution in [0.3, 0.4) is 0 Å². The Balaban J connectivity index is 1.26. The van der Waals surface area contributed by atoms with Gasteiger partial charge >= 0.3 is 0 Å². The summed E-state index contributed by atoms with van der Waals surface area (Å²) < 4.78 is 5.34. The van der Waals surface area contributed by atoms with Gasteiger partial charge in [-0.05, 0) is 111 Å². The molecule has 3 heteroatoms. The van der Waals surface area contributed by atoms with Gasteiger partial charge in [0, 0.05) is 5.54 Å². The van der Waals surface area contributed by atoms with Gasteiger partial charge in [-0.1, -0.05) is 24.3 Å². The summed E-state index contributed by atoms with van der Waals surface area (Å²) >= 11 is 0. The Labute approximate surface area is 176 Å². The van der Waals surface area contributed by atoms with Gasteiger partial charge < -0.3 is 15.6 Å². The molecule has 0 heterocycles. The summed E-state index contributed by atoms with van der Waals surface area (Å²) in [5.74, 6) is 3.08. The van der Waals surface area contributed by atoms with Gasteiger partial charge in [-0.3, -0.25) is 0 Å². The van der Waals surface area contributed by atoms with Crippen molar-refractivity contribution >= 4 is 0 Å². The lowest BCUT2D eigenvalue weighted by Gasteiger charge is -2.33. The number of rotatable bonds is 7. The molecular formula is C26H37NO2. The molecule has 0 saturated heterocycles. The van der Waals surface area contributed by atoms with Crippen LogP contribution in [0.15, 0.2) is 47.6 Å². The Morgan fingerprint density at radius 1 is 1.24 bits per heavy atom. The van der Waals surface area contributed by atoms with Gasteiger partial charge in [-0.15, -0.1) is 0 Å². The van der Waals surface area contributed by atoms with Gasteiger partial charge in [0.2, 0.25) is 0 Å². The predicted molar refractivity (Wildman–Crippen MR) is 119 cm³/mol. The Morgan fingerprint density at radius 3 is 2.93 bits per heavy atom. The summed E-state index contributed by atoms with van der Waals surface area (Å²) in [6.07, 6.45) is 17.0. The molecule has 1 aromatic rings. The summed E-state index contributed by atoms with van der Waals surface area (Å²) in [5, 5.41) is 9.57. The lowest BCUT2D eigenvalue weighted by atomic mass is 9.73. The molecule has 0 spiro atoms. The maximum absolute atomic E-state index is 9.57. The van der Waals surface area contributed by atoms with Crippen molar-refractivity contribution in [3.63, 3.8) is 0 Å². The molecule has 3 aliphatic rings. The molecule has 3 N–H and O–H groups in total. The molecular weight excluding hydrogens is 358 g/mol. The van der Waals surface area contributed by atoms with E-state index < -0.39 is 0 Å². The van der Waals surface area contributed by atoms with Gasteiger partial charge in [-0.25, -0.2) is 0 Å². The minimum absolute atomic E-state index is 0.130. The van der Waals surface area contributed by atoms with Gasteiger partial charge in [-0.2, -0.15) is 0 Å². The smallest absolute Gasteiger partial charge is 0.119 e. The second kappa shape index (κ2) is 9.06.